The van der Waals surface area contributed by atoms with Crippen LogP contribution in [0.1, 0.15) is 32.4 Å². The lowest BCUT2D eigenvalue weighted by Gasteiger charge is -2.38. The molecule has 0 spiro atoms. The Balaban J connectivity index is 1.65. The quantitative estimate of drug-likeness (QED) is 0.491. The van der Waals surface area contributed by atoms with Gasteiger partial charge in [0.25, 0.3) is 0 Å². The molecule has 1 aromatic heterocycles. The zero-order chi connectivity index (χ0) is 24.1. The lowest BCUT2D eigenvalue weighted by atomic mass is 10.1. The number of para-hydroxylation sites is 4. The number of fused-ring (bicyclic) bond motifs is 1. The minimum atomic E-state index is -1.15. The Hall–Kier alpha value is -3.86. The van der Waals surface area contributed by atoms with Crippen LogP contribution in [-0.2, 0) is 9.53 Å². The Bertz CT molecular complexity index is 1200. The van der Waals surface area contributed by atoms with Gasteiger partial charge < -0.3 is 19.3 Å². The summed E-state index contributed by atoms with van der Waals surface area (Å²) in [6, 6.07) is 17.6. The summed E-state index contributed by atoms with van der Waals surface area (Å²) in [5.41, 5.74) is 2.77. The molecule has 8 nitrogen and oxygen atoms in total. The number of ether oxygens (including phenoxy) is 2. The van der Waals surface area contributed by atoms with Gasteiger partial charge in [-0.25, -0.2) is 9.97 Å². The van der Waals surface area contributed by atoms with Crippen molar-refractivity contribution in [2.24, 2.45) is 0 Å². The summed E-state index contributed by atoms with van der Waals surface area (Å²) in [6.07, 6.45) is -0.325. The number of esters is 1. The SMILES string of the molecule is CCOc1ccccc1N1CCN(c2nc3ccccc3nc2[C@H](C#N)C(=O)OC(C)C)CC1. The van der Waals surface area contributed by atoms with Crippen molar-refractivity contribution >= 4 is 28.5 Å². The number of hydrogen-bond acceptors (Lipinski definition) is 8. The number of nitrogens with zero attached hydrogens (tertiary/aromatic N) is 5. The largest absolute Gasteiger partial charge is 0.492 e. The van der Waals surface area contributed by atoms with Crippen LogP contribution in [0, 0.1) is 11.3 Å². The number of aromatic nitrogens is 2. The molecule has 3 aromatic rings. The minimum Gasteiger partial charge on any atom is -0.492 e. The highest BCUT2D eigenvalue weighted by Gasteiger charge is 2.32. The van der Waals surface area contributed by atoms with Crippen molar-refractivity contribution in [3.63, 3.8) is 0 Å². The molecule has 1 fully saturated rings. The first kappa shape index (κ1) is 23.3. The van der Waals surface area contributed by atoms with Crippen molar-refractivity contribution in [3.8, 4) is 11.8 Å². The van der Waals surface area contributed by atoms with E-state index in [1.165, 1.54) is 0 Å². The summed E-state index contributed by atoms with van der Waals surface area (Å²) >= 11 is 0. The van der Waals surface area contributed by atoms with E-state index in [0.717, 1.165) is 30.0 Å². The van der Waals surface area contributed by atoms with Gasteiger partial charge in [0.15, 0.2) is 11.7 Å². The maximum Gasteiger partial charge on any atom is 0.329 e. The Morgan fingerprint density at radius 2 is 1.62 bits per heavy atom. The zero-order valence-electron chi connectivity index (χ0n) is 19.8. The van der Waals surface area contributed by atoms with Gasteiger partial charge in [0.1, 0.15) is 11.4 Å². The first-order valence-corrected chi connectivity index (χ1v) is 11.6. The minimum absolute atomic E-state index is 0.325. The molecule has 8 heteroatoms. The molecule has 0 bridgehead atoms. The smallest absolute Gasteiger partial charge is 0.329 e. The molecule has 0 amide bonds. The summed E-state index contributed by atoms with van der Waals surface area (Å²) in [4.78, 5) is 26.7. The molecule has 0 aliphatic carbocycles. The molecule has 0 saturated carbocycles. The normalized spacial score (nSPS) is 14.7. The molecule has 4 rings (SSSR count). The number of piperazine rings is 1. The fourth-order valence-corrected chi connectivity index (χ4v) is 4.11. The van der Waals surface area contributed by atoms with Gasteiger partial charge in [-0.3, -0.25) is 4.79 Å². The second-order valence-electron chi connectivity index (χ2n) is 8.34. The van der Waals surface area contributed by atoms with Crippen molar-refractivity contribution in [2.45, 2.75) is 32.8 Å². The fraction of sp³-hybridized carbons (Fsp3) is 0.385. The second kappa shape index (κ2) is 10.4. The van der Waals surface area contributed by atoms with Gasteiger partial charge in [0, 0.05) is 26.2 Å². The van der Waals surface area contributed by atoms with Crippen LogP contribution < -0.4 is 14.5 Å². The van der Waals surface area contributed by atoms with Gasteiger partial charge in [-0.15, -0.1) is 0 Å². The van der Waals surface area contributed by atoms with Gasteiger partial charge in [0.05, 0.1) is 35.5 Å². The number of nitriles is 1. The van der Waals surface area contributed by atoms with E-state index in [4.69, 9.17) is 19.4 Å². The van der Waals surface area contributed by atoms with Crippen molar-refractivity contribution < 1.29 is 14.3 Å². The highest BCUT2D eigenvalue weighted by Crippen LogP contribution is 2.32. The molecule has 1 saturated heterocycles. The van der Waals surface area contributed by atoms with Gasteiger partial charge in [-0.05, 0) is 45.0 Å². The zero-order valence-corrected chi connectivity index (χ0v) is 19.8. The summed E-state index contributed by atoms with van der Waals surface area (Å²) in [5.74, 6) is -0.326. The Labute approximate surface area is 199 Å². The maximum atomic E-state index is 12.7. The fourth-order valence-electron chi connectivity index (χ4n) is 4.11. The highest BCUT2D eigenvalue weighted by molar-refractivity contribution is 5.85. The van der Waals surface area contributed by atoms with Crippen LogP contribution in [-0.4, -0.2) is 54.8 Å². The van der Waals surface area contributed by atoms with Crippen LogP contribution in [0.4, 0.5) is 11.5 Å². The van der Waals surface area contributed by atoms with Crippen LogP contribution in [0.3, 0.4) is 0 Å². The molecule has 2 heterocycles. The van der Waals surface area contributed by atoms with E-state index in [9.17, 15) is 10.1 Å². The number of anilines is 2. The molecule has 34 heavy (non-hydrogen) atoms. The van der Waals surface area contributed by atoms with E-state index >= 15 is 0 Å². The number of hydrogen-bond donors (Lipinski definition) is 0. The monoisotopic (exact) mass is 459 g/mol. The highest BCUT2D eigenvalue weighted by atomic mass is 16.5. The van der Waals surface area contributed by atoms with Crippen molar-refractivity contribution in [1.82, 2.24) is 9.97 Å². The van der Waals surface area contributed by atoms with Crippen molar-refractivity contribution in [3.05, 3.63) is 54.2 Å². The molecule has 0 unspecified atom stereocenters. The summed E-state index contributed by atoms with van der Waals surface area (Å²) in [6.45, 7) is 8.92. The Morgan fingerprint density at radius 3 is 2.26 bits per heavy atom. The molecule has 0 N–H and O–H groups in total. The van der Waals surface area contributed by atoms with Crippen molar-refractivity contribution in [2.75, 3.05) is 42.6 Å². The van der Waals surface area contributed by atoms with E-state index in [2.05, 4.69) is 21.9 Å². The topological polar surface area (TPSA) is 91.6 Å². The van der Waals surface area contributed by atoms with E-state index in [-0.39, 0.29) is 6.10 Å². The summed E-state index contributed by atoms with van der Waals surface area (Å²) < 4.78 is 11.2. The molecular weight excluding hydrogens is 430 g/mol. The van der Waals surface area contributed by atoms with Crippen molar-refractivity contribution in [1.29, 1.82) is 5.26 Å². The van der Waals surface area contributed by atoms with Crippen LogP contribution in [0.25, 0.3) is 11.0 Å². The first-order valence-electron chi connectivity index (χ1n) is 11.6. The molecule has 1 aliphatic heterocycles. The van der Waals surface area contributed by atoms with Gasteiger partial charge in [-0.2, -0.15) is 5.26 Å². The molecule has 2 aromatic carbocycles. The number of carbonyl (C=O) groups excluding carboxylic acids is 1. The Morgan fingerprint density at radius 1 is 1.00 bits per heavy atom. The predicted molar refractivity (Wildman–Crippen MR) is 131 cm³/mol. The van der Waals surface area contributed by atoms with E-state index in [1.807, 2.05) is 49.4 Å². The van der Waals surface area contributed by atoms with Crippen LogP contribution in [0.15, 0.2) is 48.5 Å². The summed E-state index contributed by atoms with van der Waals surface area (Å²) in [7, 11) is 0. The standard InChI is InChI=1S/C26H29N5O3/c1-4-33-23-12-8-7-11-22(23)30-13-15-31(16-14-30)25-24(19(17-27)26(32)34-18(2)3)28-20-9-5-6-10-21(20)29-25/h5-12,18-19H,4,13-16H2,1-3H3/t19-/m0/s1. The summed E-state index contributed by atoms with van der Waals surface area (Å²) in [5, 5.41) is 9.87. The number of rotatable bonds is 7. The lowest BCUT2D eigenvalue weighted by Crippen LogP contribution is -2.47. The number of carbonyl (C=O) groups is 1. The molecular formula is C26H29N5O3. The van der Waals surface area contributed by atoms with Gasteiger partial charge in [-0.1, -0.05) is 24.3 Å². The Kier molecular flexibility index (Phi) is 7.12. The first-order chi connectivity index (χ1) is 16.5. The molecule has 0 radical (unpaired) electrons. The van der Waals surface area contributed by atoms with Crippen LogP contribution in [0.5, 0.6) is 5.75 Å². The van der Waals surface area contributed by atoms with Gasteiger partial charge >= 0.3 is 5.97 Å². The molecule has 1 atom stereocenters. The average molecular weight is 460 g/mol. The van der Waals surface area contributed by atoms with E-state index in [0.29, 0.717) is 36.7 Å². The number of benzene rings is 2. The van der Waals surface area contributed by atoms with E-state index < -0.39 is 11.9 Å². The molecule has 176 valence electrons. The maximum absolute atomic E-state index is 12.7. The predicted octanol–water partition coefficient (Wildman–Crippen LogP) is 3.91. The third-order valence-corrected chi connectivity index (χ3v) is 5.65. The second-order valence-corrected chi connectivity index (χ2v) is 8.34. The third kappa shape index (κ3) is 4.88. The van der Waals surface area contributed by atoms with Crippen LogP contribution in [0.2, 0.25) is 0 Å². The van der Waals surface area contributed by atoms with Gasteiger partial charge in [0.2, 0.25) is 0 Å². The van der Waals surface area contributed by atoms with E-state index in [1.54, 1.807) is 13.8 Å². The average Bonchev–Trinajstić information content (AvgIpc) is 2.84. The van der Waals surface area contributed by atoms with Crippen LogP contribution >= 0.6 is 0 Å². The third-order valence-electron chi connectivity index (χ3n) is 5.65. The molecule has 1 aliphatic rings. The lowest BCUT2D eigenvalue weighted by molar-refractivity contribution is -0.147.